The zero-order chi connectivity index (χ0) is 16.2. The number of hydrogen-bond acceptors (Lipinski definition) is 4. The molecule has 0 saturated heterocycles. The van der Waals surface area contributed by atoms with Crippen LogP contribution in [0.4, 0.5) is 4.39 Å². The summed E-state index contributed by atoms with van der Waals surface area (Å²) >= 11 is 0. The van der Waals surface area contributed by atoms with Crippen LogP contribution in [-0.4, -0.2) is 46.4 Å². The molecule has 0 aliphatic rings. The van der Waals surface area contributed by atoms with Crippen molar-refractivity contribution in [3.8, 4) is 0 Å². The molecule has 0 amide bonds. The number of ether oxygens (including phenoxy) is 1. The number of sulfone groups is 1. The fraction of sp³-hybridized carbons (Fsp3) is 0.714. The van der Waals surface area contributed by atoms with Crippen LogP contribution in [0.25, 0.3) is 0 Å². The van der Waals surface area contributed by atoms with E-state index in [2.05, 4.69) is 0 Å². The summed E-state index contributed by atoms with van der Waals surface area (Å²) < 4.78 is 39.6. The van der Waals surface area contributed by atoms with E-state index in [0.29, 0.717) is 6.42 Å². The van der Waals surface area contributed by atoms with E-state index in [-0.39, 0.29) is 5.75 Å². The highest BCUT2D eigenvalue weighted by Crippen LogP contribution is 2.12. The maximum atomic E-state index is 12.5. The van der Waals surface area contributed by atoms with E-state index in [1.165, 1.54) is 13.4 Å². The van der Waals surface area contributed by atoms with Crippen LogP contribution in [0, 0.1) is 0 Å². The third-order valence-electron chi connectivity index (χ3n) is 2.45. The lowest BCUT2D eigenvalue weighted by Crippen LogP contribution is -2.38. The van der Waals surface area contributed by atoms with E-state index in [4.69, 9.17) is 10.5 Å². The molecule has 0 saturated carbocycles. The Labute approximate surface area is 122 Å². The van der Waals surface area contributed by atoms with Crippen molar-refractivity contribution >= 4 is 9.84 Å². The van der Waals surface area contributed by atoms with Crippen LogP contribution in [-0.2, 0) is 14.6 Å². The van der Waals surface area contributed by atoms with Gasteiger partial charge in [0.25, 0.3) is 0 Å². The maximum absolute atomic E-state index is 12.5. The van der Waals surface area contributed by atoms with E-state index in [1.54, 1.807) is 25.2 Å². The first-order chi connectivity index (χ1) is 9.35. The molecule has 0 heterocycles. The van der Waals surface area contributed by atoms with Crippen LogP contribution in [0.5, 0.6) is 0 Å². The Hall–Kier alpha value is -0.720. The van der Waals surface area contributed by atoms with Crippen LogP contribution in [0.2, 0.25) is 0 Å². The predicted octanol–water partition coefficient (Wildman–Crippen LogP) is 2.26. The van der Waals surface area contributed by atoms with Crippen LogP contribution >= 0.6 is 0 Å². The largest absolute Gasteiger partial charge is 0.375 e. The smallest absolute Gasteiger partial charge is 0.147 e. The van der Waals surface area contributed by atoms with E-state index >= 15 is 0 Å². The standard InChI is InChI=1S/C12H22FNO3S.C2H6/c1-4-10(12(17-2)11(14)9-13)7-5-6-8-18(3,15)16;1-2/h4-5,7,11-12H,6,8-9,14H2,1-3H3;1-2H3/b7-5-,10-4+;. The van der Waals surface area contributed by atoms with Gasteiger partial charge in [0, 0.05) is 13.4 Å². The minimum absolute atomic E-state index is 0.0906. The molecule has 2 N–H and O–H groups in total. The fourth-order valence-electron chi connectivity index (χ4n) is 1.50. The summed E-state index contributed by atoms with van der Waals surface area (Å²) in [6, 6.07) is -0.722. The molecule has 0 fully saturated rings. The lowest BCUT2D eigenvalue weighted by atomic mass is 10.0. The van der Waals surface area contributed by atoms with Gasteiger partial charge in [-0.2, -0.15) is 0 Å². The van der Waals surface area contributed by atoms with Crippen molar-refractivity contribution in [1.29, 1.82) is 0 Å². The number of methoxy groups -OCH3 is 1. The molecule has 120 valence electrons. The zero-order valence-corrected chi connectivity index (χ0v) is 13.9. The molecule has 0 aromatic carbocycles. The summed E-state index contributed by atoms with van der Waals surface area (Å²) in [4.78, 5) is 0. The van der Waals surface area contributed by atoms with Gasteiger partial charge in [0.05, 0.1) is 17.9 Å². The SMILES string of the molecule is C/C=C(\C=C/CCS(C)(=O)=O)C(OC)C(N)CF.CC. The van der Waals surface area contributed by atoms with Gasteiger partial charge in [0.1, 0.15) is 16.5 Å². The van der Waals surface area contributed by atoms with Gasteiger partial charge >= 0.3 is 0 Å². The van der Waals surface area contributed by atoms with Crippen molar-refractivity contribution in [3.05, 3.63) is 23.8 Å². The summed E-state index contributed by atoms with van der Waals surface area (Å²) in [5.74, 6) is 0.0906. The minimum Gasteiger partial charge on any atom is -0.375 e. The molecule has 20 heavy (non-hydrogen) atoms. The monoisotopic (exact) mass is 309 g/mol. The molecule has 0 spiro atoms. The number of hydrogen-bond donors (Lipinski definition) is 1. The molecule has 0 radical (unpaired) electrons. The number of halogens is 1. The number of nitrogens with two attached hydrogens (primary N) is 1. The van der Waals surface area contributed by atoms with Crippen molar-refractivity contribution in [2.75, 3.05) is 25.8 Å². The van der Waals surface area contributed by atoms with Crippen molar-refractivity contribution in [1.82, 2.24) is 0 Å². The number of allylic oxidation sites excluding steroid dienone is 2. The second-order valence-corrected chi connectivity index (χ2v) is 6.34. The van der Waals surface area contributed by atoms with Crippen molar-refractivity contribution in [2.45, 2.75) is 39.3 Å². The zero-order valence-electron chi connectivity index (χ0n) is 13.1. The van der Waals surface area contributed by atoms with Gasteiger partial charge in [-0.15, -0.1) is 0 Å². The molecule has 0 aromatic rings. The highest BCUT2D eigenvalue weighted by molar-refractivity contribution is 7.90. The first-order valence-corrected chi connectivity index (χ1v) is 8.76. The molecule has 0 aliphatic carbocycles. The Kier molecular flexibility index (Phi) is 13.0. The molecular weight excluding hydrogens is 281 g/mol. The molecule has 2 unspecified atom stereocenters. The summed E-state index contributed by atoms with van der Waals surface area (Å²) in [7, 11) is -1.50. The van der Waals surface area contributed by atoms with Gasteiger partial charge < -0.3 is 10.5 Å². The lowest BCUT2D eigenvalue weighted by molar-refractivity contribution is 0.102. The van der Waals surface area contributed by atoms with Crippen LogP contribution in [0.3, 0.4) is 0 Å². The van der Waals surface area contributed by atoms with Crippen molar-refractivity contribution in [2.24, 2.45) is 5.73 Å². The Morgan fingerprint density at radius 1 is 1.40 bits per heavy atom. The van der Waals surface area contributed by atoms with Gasteiger partial charge in [-0.1, -0.05) is 32.1 Å². The van der Waals surface area contributed by atoms with Crippen LogP contribution in [0.1, 0.15) is 27.2 Å². The molecule has 0 aliphatic heterocycles. The third kappa shape index (κ3) is 10.1. The van der Waals surface area contributed by atoms with E-state index in [1.807, 2.05) is 13.8 Å². The fourth-order valence-corrected chi connectivity index (χ4v) is 2.06. The number of rotatable bonds is 8. The Bertz CT molecular complexity index is 391. The first kappa shape index (κ1) is 21.6. The second-order valence-electron chi connectivity index (χ2n) is 4.08. The molecular formula is C14H28FNO3S. The molecule has 2 atom stereocenters. The summed E-state index contributed by atoms with van der Waals surface area (Å²) in [5, 5.41) is 0. The molecule has 0 bridgehead atoms. The van der Waals surface area contributed by atoms with E-state index in [0.717, 1.165) is 5.57 Å². The predicted molar refractivity (Wildman–Crippen MR) is 83.3 cm³/mol. The average molecular weight is 309 g/mol. The maximum Gasteiger partial charge on any atom is 0.147 e. The lowest BCUT2D eigenvalue weighted by Gasteiger charge is -2.21. The molecule has 6 heteroatoms. The highest BCUT2D eigenvalue weighted by Gasteiger charge is 2.19. The van der Waals surface area contributed by atoms with Crippen molar-refractivity contribution in [3.63, 3.8) is 0 Å². The summed E-state index contributed by atoms with van der Waals surface area (Å²) in [6.45, 7) is 5.13. The minimum atomic E-state index is -2.96. The van der Waals surface area contributed by atoms with Gasteiger partial charge in [0.15, 0.2) is 0 Å². The summed E-state index contributed by atoms with van der Waals surface area (Å²) in [6.07, 6.45) is 6.32. The van der Waals surface area contributed by atoms with Gasteiger partial charge in [-0.3, -0.25) is 0 Å². The molecule has 4 nitrogen and oxygen atoms in total. The van der Waals surface area contributed by atoms with Crippen LogP contribution in [0.15, 0.2) is 23.8 Å². The average Bonchev–Trinajstić information content (AvgIpc) is 2.42. The normalized spacial score (nSPS) is 15.7. The topological polar surface area (TPSA) is 69.4 Å². The van der Waals surface area contributed by atoms with Gasteiger partial charge in [0.2, 0.25) is 0 Å². The van der Waals surface area contributed by atoms with Crippen molar-refractivity contribution < 1.29 is 17.5 Å². The van der Waals surface area contributed by atoms with Gasteiger partial charge in [-0.25, -0.2) is 12.8 Å². The van der Waals surface area contributed by atoms with Crippen LogP contribution < -0.4 is 5.73 Å². The third-order valence-corrected chi connectivity index (χ3v) is 3.43. The van der Waals surface area contributed by atoms with Gasteiger partial charge in [-0.05, 0) is 18.9 Å². The van der Waals surface area contributed by atoms with E-state index < -0.39 is 28.7 Å². The second kappa shape index (κ2) is 12.1. The quantitative estimate of drug-likeness (QED) is 0.698. The Morgan fingerprint density at radius 2 is 1.95 bits per heavy atom. The Morgan fingerprint density at radius 3 is 2.30 bits per heavy atom. The summed E-state index contributed by atoms with van der Waals surface area (Å²) in [5.41, 5.74) is 6.35. The Balaban J connectivity index is 0. The first-order valence-electron chi connectivity index (χ1n) is 6.70. The van der Waals surface area contributed by atoms with E-state index in [9.17, 15) is 12.8 Å². The number of alkyl halides is 1. The highest BCUT2D eigenvalue weighted by atomic mass is 32.2. The molecule has 0 aromatic heterocycles. The molecule has 0 rings (SSSR count).